The van der Waals surface area contributed by atoms with E-state index in [-0.39, 0.29) is 29.3 Å². The Morgan fingerprint density at radius 2 is 1.80 bits per heavy atom. The highest BCUT2D eigenvalue weighted by atomic mass is 16.2. The molecule has 1 aliphatic heterocycles. The van der Waals surface area contributed by atoms with Gasteiger partial charge in [-0.15, -0.1) is 0 Å². The molecule has 0 radical (unpaired) electrons. The second-order valence-electron chi connectivity index (χ2n) is 7.38. The molecule has 0 bridgehead atoms. The molecule has 6 heteroatoms. The first-order valence-electron chi connectivity index (χ1n) is 9.74. The molecule has 0 spiro atoms. The molecular formula is C24H21N3O3. The number of ketones is 1. The number of benzene rings is 2. The average Bonchev–Trinajstić information content (AvgIpc) is 3.09. The Kier molecular flexibility index (Phi) is 5.14. The van der Waals surface area contributed by atoms with Crippen LogP contribution in [-0.2, 0) is 6.42 Å². The number of Topliss-reactive ketones (excluding diaryl/α,β-unsaturated/α-hetero) is 1. The number of pyridine rings is 1. The number of rotatable bonds is 4. The smallest absolute Gasteiger partial charge is 0.277 e. The van der Waals surface area contributed by atoms with Gasteiger partial charge in [0.25, 0.3) is 11.8 Å². The number of nitrogens with one attached hydrogen (secondary N) is 1. The predicted octanol–water partition coefficient (Wildman–Crippen LogP) is 4.13. The minimum atomic E-state index is -0.373. The van der Waals surface area contributed by atoms with Crippen LogP contribution in [0.5, 0.6) is 0 Å². The molecule has 0 saturated carbocycles. The molecule has 0 fully saturated rings. The van der Waals surface area contributed by atoms with Gasteiger partial charge in [-0.05, 0) is 56.2 Å². The molecule has 1 N–H and O–H groups in total. The summed E-state index contributed by atoms with van der Waals surface area (Å²) in [4.78, 5) is 43.4. The summed E-state index contributed by atoms with van der Waals surface area (Å²) in [6, 6.07) is 17.6. The Bertz CT molecular complexity index is 1160. The molecule has 2 heterocycles. The number of para-hydroxylation sites is 1. The standard InChI is InChI=1S/C24H21N3O3/c1-15-12-18-6-3-4-9-22(18)27(15)24(30)21-14-19(10-11-25-21)23(29)26-20-8-5-7-17(13-20)16(2)28/h3-11,13-15H,12H2,1-2H3,(H,26,29). The number of fused-ring (bicyclic) bond motifs is 1. The van der Waals surface area contributed by atoms with Gasteiger partial charge < -0.3 is 10.2 Å². The van der Waals surface area contributed by atoms with Gasteiger partial charge in [0.05, 0.1) is 0 Å². The van der Waals surface area contributed by atoms with E-state index in [1.54, 1.807) is 35.2 Å². The molecule has 1 unspecified atom stereocenters. The minimum absolute atomic E-state index is 0.0171. The maximum absolute atomic E-state index is 13.2. The average molecular weight is 399 g/mol. The van der Waals surface area contributed by atoms with Crippen LogP contribution in [0.15, 0.2) is 66.9 Å². The summed E-state index contributed by atoms with van der Waals surface area (Å²) >= 11 is 0. The number of anilines is 2. The zero-order chi connectivity index (χ0) is 21.3. The van der Waals surface area contributed by atoms with E-state index >= 15 is 0 Å². The number of carbonyl (C=O) groups is 3. The topological polar surface area (TPSA) is 79.4 Å². The molecule has 1 atom stereocenters. The summed E-state index contributed by atoms with van der Waals surface area (Å²) in [6.45, 7) is 3.47. The van der Waals surface area contributed by atoms with Crippen molar-refractivity contribution in [2.75, 3.05) is 10.2 Å². The third kappa shape index (κ3) is 3.72. The first kappa shape index (κ1) is 19.5. The van der Waals surface area contributed by atoms with Gasteiger partial charge >= 0.3 is 0 Å². The van der Waals surface area contributed by atoms with Gasteiger partial charge in [0.1, 0.15) is 5.69 Å². The second-order valence-corrected chi connectivity index (χ2v) is 7.38. The van der Waals surface area contributed by atoms with Crippen molar-refractivity contribution in [3.05, 3.63) is 89.2 Å². The van der Waals surface area contributed by atoms with Crippen molar-refractivity contribution in [3.63, 3.8) is 0 Å². The number of aromatic nitrogens is 1. The number of amides is 2. The van der Waals surface area contributed by atoms with E-state index in [1.807, 2.05) is 31.2 Å². The summed E-state index contributed by atoms with van der Waals surface area (Å²) < 4.78 is 0. The molecule has 1 aromatic heterocycles. The lowest BCUT2D eigenvalue weighted by Gasteiger charge is -2.22. The van der Waals surface area contributed by atoms with Gasteiger partial charge in [0.15, 0.2) is 5.78 Å². The minimum Gasteiger partial charge on any atom is -0.322 e. The molecule has 6 nitrogen and oxygen atoms in total. The van der Waals surface area contributed by atoms with Gasteiger partial charge in [0.2, 0.25) is 0 Å². The van der Waals surface area contributed by atoms with Crippen LogP contribution in [0.4, 0.5) is 11.4 Å². The first-order chi connectivity index (χ1) is 14.4. The Morgan fingerprint density at radius 1 is 1.00 bits per heavy atom. The number of carbonyl (C=O) groups excluding carboxylic acids is 3. The number of hydrogen-bond donors (Lipinski definition) is 1. The van der Waals surface area contributed by atoms with Gasteiger partial charge in [-0.2, -0.15) is 0 Å². The first-order valence-corrected chi connectivity index (χ1v) is 9.74. The molecule has 3 aromatic rings. The fourth-order valence-electron chi connectivity index (χ4n) is 3.71. The summed E-state index contributed by atoms with van der Waals surface area (Å²) in [5.74, 6) is -0.689. The predicted molar refractivity (Wildman–Crippen MR) is 115 cm³/mol. The maximum Gasteiger partial charge on any atom is 0.277 e. The Balaban J connectivity index is 1.57. The molecule has 4 rings (SSSR count). The van der Waals surface area contributed by atoms with Gasteiger partial charge in [0, 0.05) is 34.7 Å². The lowest BCUT2D eigenvalue weighted by Crippen LogP contribution is -2.36. The SMILES string of the molecule is CC(=O)c1cccc(NC(=O)c2ccnc(C(=O)N3c4ccccc4CC3C)c2)c1. The van der Waals surface area contributed by atoms with E-state index in [0.29, 0.717) is 16.8 Å². The molecule has 0 saturated heterocycles. The van der Waals surface area contributed by atoms with Crippen molar-refractivity contribution >= 4 is 29.0 Å². The molecule has 1 aliphatic rings. The third-order valence-corrected chi connectivity index (χ3v) is 5.19. The van der Waals surface area contributed by atoms with Crippen LogP contribution >= 0.6 is 0 Å². The molecule has 2 aromatic carbocycles. The van der Waals surface area contributed by atoms with E-state index in [1.165, 1.54) is 19.2 Å². The van der Waals surface area contributed by atoms with Crippen LogP contribution in [0.3, 0.4) is 0 Å². The van der Waals surface area contributed by atoms with E-state index in [4.69, 9.17) is 0 Å². The molecule has 150 valence electrons. The van der Waals surface area contributed by atoms with Gasteiger partial charge in [-0.3, -0.25) is 19.4 Å². The molecular weight excluding hydrogens is 378 g/mol. The lowest BCUT2D eigenvalue weighted by molar-refractivity contribution is 0.0975. The van der Waals surface area contributed by atoms with Crippen LogP contribution in [-0.4, -0.2) is 28.6 Å². The summed E-state index contributed by atoms with van der Waals surface area (Å²) in [7, 11) is 0. The van der Waals surface area contributed by atoms with Crippen molar-refractivity contribution in [1.82, 2.24) is 4.98 Å². The lowest BCUT2D eigenvalue weighted by atomic mass is 10.1. The zero-order valence-electron chi connectivity index (χ0n) is 16.8. The monoisotopic (exact) mass is 399 g/mol. The summed E-state index contributed by atoms with van der Waals surface area (Å²) in [6.07, 6.45) is 2.25. The van der Waals surface area contributed by atoms with Gasteiger partial charge in [-0.25, -0.2) is 0 Å². The Labute approximate surface area is 174 Å². The van der Waals surface area contributed by atoms with Crippen LogP contribution in [0, 0.1) is 0 Å². The third-order valence-electron chi connectivity index (χ3n) is 5.19. The Hall–Kier alpha value is -3.80. The maximum atomic E-state index is 13.2. The highest BCUT2D eigenvalue weighted by Crippen LogP contribution is 2.32. The van der Waals surface area contributed by atoms with E-state index in [0.717, 1.165) is 17.7 Å². The van der Waals surface area contributed by atoms with Crippen molar-refractivity contribution in [3.8, 4) is 0 Å². The number of nitrogens with zero attached hydrogens (tertiary/aromatic N) is 2. The zero-order valence-corrected chi connectivity index (χ0v) is 16.8. The highest BCUT2D eigenvalue weighted by Gasteiger charge is 2.32. The quantitative estimate of drug-likeness (QED) is 0.669. The van der Waals surface area contributed by atoms with Crippen LogP contribution in [0.2, 0.25) is 0 Å². The molecule has 30 heavy (non-hydrogen) atoms. The molecule has 0 aliphatic carbocycles. The van der Waals surface area contributed by atoms with Crippen LogP contribution in [0.25, 0.3) is 0 Å². The van der Waals surface area contributed by atoms with Crippen molar-refractivity contribution in [2.24, 2.45) is 0 Å². The van der Waals surface area contributed by atoms with Gasteiger partial charge in [-0.1, -0.05) is 30.3 Å². The van der Waals surface area contributed by atoms with Crippen molar-refractivity contribution < 1.29 is 14.4 Å². The fraction of sp³-hybridized carbons (Fsp3) is 0.167. The van der Waals surface area contributed by atoms with E-state index in [9.17, 15) is 14.4 Å². The fourth-order valence-corrected chi connectivity index (χ4v) is 3.71. The van der Waals surface area contributed by atoms with Crippen molar-refractivity contribution in [1.29, 1.82) is 0 Å². The van der Waals surface area contributed by atoms with E-state index in [2.05, 4.69) is 10.3 Å². The Morgan fingerprint density at radius 3 is 2.60 bits per heavy atom. The highest BCUT2D eigenvalue weighted by molar-refractivity contribution is 6.09. The summed E-state index contributed by atoms with van der Waals surface area (Å²) in [5.41, 5.74) is 3.57. The van der Waals surface area contributed by atoms with Crippen LogP contribution in [0.1, 0.15) is 50.6 Å². The molecule has 2 amide bonds. The normalized spacial score (nSPS) is 14.9. The van der Waals surface area contributed by atoms with Crippen LogP contribution < -0.4 is 10.2 Å². The second kappa shape index (κ2) is 7.91. The van der Waals surface area contributed by atoms with Crippen molar-refractivity contribution in [2.45, 2.75) is 26.3 Å². The largest absolute Gasteiger partial charge is 0.322 e. The summed E-state index contributed by atoms with van der Waals surface area (Å²) in [5, 5.41) is 2.77. The number of hydrogen-bond acceptors (Lipinski definition) is 4. The van der Waals surface area contributed by atoms with E-state index < -0.39 is 0 Å².